The van der Waals surface area contributed by atoms with Gasteiger partial charge >= 0.3 is 0 Å². The monoisotopic (exact) mass is 257 g/mol. The summed E-state index contributed by atoms with van der Waals surface area (Å²) in [5.41, 5.74) is 0.773. The number of nitrogens with one attached hydrogen (secondary N) is 1. The zero-order chi connectivity index (χ0) is 12.7. The van der Waals surface area contributed by atoms with Gasteiger partial charge < -0.3 is 5.11 Å². The van der Waals surface area contributed by atoms with Crippen molar-refractivity contribution in [3.8, 4) is 0 Å². The molecule has 0 saturated carbocycles. The quantitative estimate of drug-likeness (QED) is 0.769. The first-order valence-corrected chi connectivity index (χ1v) is 7.31. The molecule has 0 aliphatic carbocycles. The van der Waals surface area contributed by atoms with Gasteiger partial charge in [0.1, 0.15) is 0 Å². The van der Waals surface area contributed by atoms with Gasteiger partial charge in [-0.3, -0.25) is 0 Å². The van der Waals surface area contributed by atoms with Crippen molar-refractivity contribution in [2.75, 3.05) is 13.2 Å². The Kier molecular flexibility index (Phi) is 5.61. The average Bonchev–Trinajstić information content (AvgIpc) is 2.28. The van der Waals surface area contributed by atoms with Gasteiger partial charge in [-0.15, -0.1) is 0 Å². The number of hydrogen-bond acceptors (Lipinski definition) is 3. The molecule has 1 aromatic carbocycles. The molecule has 0 amide bonds. The van der Waals surface area contributed by atoms with Gasteiger partial charge in [0, 0.05) is 13.2 Å². The van der Waals surface area contributed by atoms with Crippen molar-refractivity contribution in [2.24, 2.45) is 5.92 Å². The van der Waals surface area contributed by atoms with Gasteiger partial charge in [0.15, 0.2) is 0 Å². The number of aliphatic hydroxyl groups is 1. The maximum absolute atomic E-state index is 11.7. The van der Waals surface area contributed by atoms with E-state index in [2.05, 4.69) is 4.72 Å². The van der Waals surface area contributed by atoms with E-state index < -0.39 is 10.0 Å². The van der Waals surface area contributed by atoms with E-state index in [4.69, 9.17) is 5.11 Å². The van der Waals surface area contributed by atoms with Gasteiger partial charge in [-0.2, -0.15) is 0 Å². The van der Waals surface area contributed by atoms with Crippen molar-refractivity contribution < 1.29 is 13.5 Å². The third-order valence-corrected chi connectivity index (χ3v) is 3.79. The van der Waals surface area contributed by atoms with Gasteiger partial charge in [0.25, 0.3) is 0 Å². The van der Waals surface area contributed by atoms with Gasteiger partial charge in [0.05, 0.1) is 5.75 Å². The molecule has 0 heterocycles. The third kappa shape index (κ3) is 5.81. The summed E-state index contributed by atoms with van der Waals surface area (Å²) in [5.74, 6) is 0.144. The minimum atomic E-state index is -3.28. The molecule has 0 aliphatic heterocycles. The van der Waals surface area contributed by atoms with Crippen LogP contribution in [0.5, 0.6) is 0 Å². The molecule has 5 heteroatoms. The van der Waals surface area contributed by atoms with Crippen LogP contribution in [0.3, 0.4) is 0 Å². The van der Waals surface area contributed by atoms with E-state index in [0.29, 0.717) is 13.0 Å². The number of sulfonamides is 1. The van der Waals surface area contributed by atoms with E-state index in [1.807, 2.05) is 25.1 Å². The fourth-order valence-corrected chi connectivity index (χ4v) is 2.71. The molecule has 0 radical (unpaired) electrons. The first kappa shape index (κ1) is 14.2. The molecule has 2 N–H and O–H groups in total. The highest BCUT2D eigenvalue weighted by atomic mass is 32.2. The predicted molar refractivity (Wildman–Crippen MR) is 67.9 cm³/mol. The summed E-state index contributed by atoms with van der Waals surface area (Å²) in [6.07, 6.45) is 0.605. The summed E-state index contributed by atoms with van der Waals surface area (Å²) in [6, 6.07) is 9.07. The van der Waals surface area contributed by atoms with E-state index in [9.17, 15) is 8.42 Å². The minimum absolute atomic E-state index is 0.000313. The molecule has 0 fully saturated rings. The number of rotatable bonds is 7. The Hall–Kier alpha value is -0.910. The first-order chi connectivity index (χ1) is 8.03. The molecule has 1 rings (SSSR count). The number of aliphatic hydroxyl groups excluding tert-OH is 1. The Bertz CT molecular complexity index is 417. The van der Waals surface area contributed by atoms with E-state index >= 15 is 0 Å². The fraction of sp³-hybridized carbons (Fsp3) is 0.500. The molecule has 0 bridgehead atoms. The van der Waals surface area contributed by atoms with Crippen LogP contribution >= 0.6 is 0 Å². The fourth-order valence-electron chi connectivity index (χ4n) is 1.44. The SMILES string of the molecule is CC(CCO)CNS(=O)(=O)Cc1ccccc1. The zero-order valence-electron chi connectivity index (χ0n) is 9.96. The Morgan fingerprint density at radius 3 is 2.53 bits per heavy atom. The molecular weight excluding hydrogens is 238 g/mol. The largest absolute Gasteiger partial charge is 0.396 e. The summed E-state index contributed by atoms with van der Waals surface area (Å²) in [6.45, 7) is 2.36. The summed E-state index contributed by atoms with van der Waals surface area (Å²) >= 11 is 0. The Balaban J connectivity index is 2.47. The van der Waals surface area contributed by atoms with Crippen LogP contribution in [-0.2, 0) is 15.8 Å². The lowest BCUT2D eigenvalue weighted by molar-refractivity contribution is 0.263. The summed E-state index contributed by atoms with van der Waals surface area (Å²) < 4.78 is 26.0. The molecular formula is C12H19NO3S. The lowest BCUT2D eigenvalue weighted by Gasteiger charge is -2.11. The molecule has 4 nitrogen and oxygen atoms in total. The predicted octanol–water partition coefficient (Wildman–Crippen LogP) is 1.12. The molecule has 0 aromatic heterocycles. The van der Waals surface area contributed by atoms with Gasteiger partial charge in [0.2, 0.25) is 10.0 Å². The molecule has 0 aliphatic rings. The Morgan fingerprint density at radius 2 is 1.94 bits per heavy atom. The topological polar surface area (TPSA) is 66.4 Å². The van der Waals surface area contributed by atoms with E-state index in [1.165, 1.54) is 0 Å². The number of hydrogen-bond donors (Lipinski definition) is 2. The standard InChI is InChI=1S/C12H19NO3S/c1-11(7-8-14)9-13-17(15,16)10-12-5-3-2-4-6-12/h2-6,11,13-14H,7-10H2,1H3. The highest BCUT2D eigenvalue weighted by Gasteiger charge is 2.12. The van der Waals surface area contributed by atoms with Crippen LogP contribution < -0.4 is 4.72 Å². The van der Waals surface area contributed by atoms with Crippen molar-refractivity contribution in [3.63, 3.8) is 0 Å². The second-order valence-electron chi connectivity index (χ2n) is 4.21. The smallest absolute Gasteiger partial charge is 0.215 e. The lowest BCUT2D eigenvalue weighted by Crippen LogP contribution is -2.29. The molecule has 0 spiro atoms. The third-order valence-electron chi connectivity index (χ3n) is 2.47. The molecule has 0 saturated heterocycles. The minimum Gasteiger partial charge on any atom is -0.396 e. The molecule has 1 atom stereocenters. The van der Waals surface area contributed by atoms with Crippen LogP contribution in [0.15, 0.2) is 30.3 Å². The van der Waals surface area contributed by atoms with Crippen molar-refractivity contribution in [2.45, 2.75) is 19.1 Å². The Labute approximate surface area is 103 Å². The van der Waals surface area contributed by atoms with Crippen molar-refractivity contribution >= 4 is 10.0 Å². The van der Waals surface area contributed by atoms with Crippen LogP contribution in [-0.4, -0.2) is 26.7 Å². The molecule has 1 aromatic rings. The molecule has 17 heavy (non-hydrogen) atoms. The van der Waals surface area contributed by atoms with Crippen LogP contribution in [0.2, 0.25) is 0 Å². The maximum Gasteiger partial charge on any atom is 0.215 e. The van der Waals surface area contributed by atoms with Gasteiger partial charge in [-0.1, -0.05) is 37.3 Å². The highest BCUT2D eigenvalue weighted by molar-refractivity contribution is 7.88. The van der Waals surface area contributed by atoms with E-state index in [-0.39, 0.29) is 18.3 Å². The summed E-state index contributed by atoms with van der Waals surface area (Å²) in [7, 11) is -3.28. The van der Waals surface area contributed by atoms with Crippen molar-refractivity contribution in [3.05, 3.63) is 35.9 Å². The summed E-state index contributed by atoms with van der Waals surface area (Å²) in [5, 5.41) is 8.72. The van der Waals surface area contributed by atoms with Crippen LogP contribution in [0, 0.1) is 5.92 Å². The van der Waals surface area contributed by atoms with Crippen molar-refractivity contribution in [1.82, 2.24) is 4.72 Å². The Morgan fingerprint density at radius 1 is 1.29 bits per heavy atom. The van der Waals surface area contributed by atoms with Crippen LogP contribution in [0.1, 0.15) is 18.9 Å². The molecule has 96 valence electrons. The lowest BCUT2D eigenvalue weighted by atomic mass is 10.1. The highest BCUT2D eigenvalue weighted by Crippen LogP contribution is 2.05. The van der Waals surface area contributed by atoms with Crippen LogP contribution in [0.4, 0.5) is 0 Å². The normalized spacial score (nSPS) is 13.5. The zero-order valence-corrected chi connectivity index (χ0v) is 10.8. The van der Waals surface area contributed by atoms with Crippen molar-refractivity contribution in [1.29, 1.82) is 0 Å². The maximum atomic E-state index is 11.7. The summed E-state index contributed by atoms with van der Waals surface area (Å²) in [4.78, 5) is 0. The van der Waals surface area contributed by atoms with Gasteiger partial charge in [-0.05, 0) is 17.9 Å². The van der Waals surface area contributed by atoms with Crippen LogP contribution in [0.25, 0.3) is 0 Å². The van der Waals surface area contributed by atoms with E-state index in [1.54, 1.807) is 12.1 Å². The second kappa shape index (κ2) is 6.74. The van der Waals surface area contributed by atoms with Gasteiger partial charge in [-0.25, -0.2) is 13.1 Å². The second-order valence-corrected chi connectivity index (χ2v) is 6.02. The first-order valence-electron chi connectivity index (χ1n) is 5.65. The number of benzene rings is 1. The average molecular weight is 257 g/mol. The van der Waals surface area contributed by atoms with E-state index in [0.717, 1.165) is 5.56 Å². The molecule has 1 unspecified atom stereocenters.